The highest BCUT2D eigenvalue weighted by Gasteiger charge is 2.07. The van der Waals surface area contributed by atoms with Crippen LogP contribution in [0, 0.1) is 0 Å². The minimum Gasteiger partial charge on any atom is -0.494 e. The van der Waals surface area contributed by atoms with Gasteiger partial charge in [-0.15, -0.1) is 11.6 Å². The minimum atomic E-state index is 0.351. The molecule has 0 unspecified atom stereocenters. The Kier molecular flexibility index (Phi) is 4.88. The van der Waals surface area contributed by atoms with Crippen LogP contribution in [0.4, 0.5) is 0 Å². The molecule has 0 saturated heterocycles. The Morgan fingerprint density at radius 1 is 1.21 bits per heavy atom. The van der Waals surface area contributed by atoms with E-state index in [4.69, 9.17) is 32.7 Å². The van der Waals surface area contributed by atoms with Crippen molar-refractivity contribution in [2.45, 2.75) is 12.8 Å². The molecule has 0 bridgehead atoms. The fourth-order valence-corrected chi connectivity index (χ4v) is 1.89. The van der Waals surface area contributed by atoms with E-state index in [9.17, 15) is 0 Å². The lowest BCUT2D eigenvalue weighted by atomic mass is 10.3. The fourth-order valence-electron chi connectivity index (χ4n) is 1.52. The van der Waals surface area contributed by atoms with Crippen LogP contribution < -0.4 is 9.47 Å². The number of halogens is 2. The highest BCUT2D eigenvalue weighted by Crippen LogP contribution is 2.29. The van der Waals surface area contributed by atoms with Crippen LogP contribution in [0.2, 0.25) is 5.02 Å². The van der Waals surface area contributed by atoms with Crippen LogP contribution in [0.15, 0.2) is 36.5 Å². The molecule has 0 N–H and O–H groups in total. The molecule has 0 amide bonds. The van der Waals surface area contributed by atoms with E-state index in [0.29, 0.717) is 29.1 Å². The maximum atomic E-state index is 6.08. The molecule has 0 atom stereocenters. The highest BCUT2D eigenvalue weighted by atomic mass is 35.5. The van der Waals surface area contributed by atoms with Crippen molar-refractivity contribution in [2.75, 3.05) is 6.61 Å². The second-order valence-electron chi connectivity index (χ2n) is 3.77. The van der Waals surface area contributed by atoms with Gasteiger partial charge in [0.1, 0.15) is 16.5 Å². The summed E-state index contributed by atoms with van der Waals surface area (Å²) >= 11 is 11.8. The summed E-state index contributed by atoms with van der Waals surface area (Å²) in [5.74, 6) is 2.09. The van der Waals surface area contributed by atoms with Crippen molar-refractivity contribution in [3.05, 3.63) is 47.1 Å². The number of rotatable bonds is 5. The zero-order valence-electron chi connectivity index (χ0n) is 10.4. The molecule has 1 aromatic heterocycles. The molecule has 3 nitrogen and oxygen atoms in total. The average Bonchev–Trinajstić information content (AvgIpc) is 2.42. The van der Waals surface area contributed by atoms with Gasteiger partial charge >= 0.3 is 0 Å². The van der Waals surface area contributed by atoms with E-state index < -0.39 is 0 Å². The summed E-state index contributed by atoms with van der Waals surface area (Å²) in [5.41, 5.74) is 0.849. The Hall–Kier alpha value is -1.45. The van der Waals surface area contributed by atoms with E-state index in [1.807, 2.05) is 25.1 Å². The van der Waals surface area contributed by atoms with Crippen molar-refractivity contribution in [1.82, 2.24) is 4.98 Å². The molecule has 100 valence electrons. The zero-order chi connectivity index (χ0) is 13.7. The lowest BCUT2D eigenvalue weighted by Crippen LogP contribution is -1.93. The maximum absolute atomic E-state index is 6.08. The first-order valence-electron chi connectivity index (χ1n) is 5.84. The molecule has 0 radical (unpaired) electrons. The molecular formula is C14H13Cl2NO2. The molecule has 0 spiro atoms. The summed E-state index contributed by atoms with van der Waals surface area (Å²) in [4.78, 5) is 4.14. The molecule has 1 aromatic carbocycles. The van der Waals surface area contributed by atoms with Crippen LogP contribution in [-0.4, -0.2) is 11.6 Å². The van der Waals surface area contributed by atoms with E-state index >= 15 is 0 Å². The second kappa shape index (κ2) is 6.64. The van der Waals surface area contributed by atoms with Gasteiger partial charge in [-0.2, -0.15) is 0 Å². The highest BCUT2D eigenvalue weighted by molar-refractivity contribution is 6.32. The van der Waals surface area contributed by atoms with E-state index in [-0.39, 0.29) is 0 Å². The normalized spacial score (nSPS) is 10.3. The topological polar surface area (TPSA) is 31.4 Å². The molecule has 0 aliphatic carbocycles. The first-order chi connectivity index (χ1) is 9.22. The van der Waals surface area contributed by atoms with Gasteiger partial charge in [0.25, 0.3) is 0 Å². The van der Waals surface area contributed by atoms with Crippen LogP contribution in [-0.2, 0) is 5.88 Å². The summed E-state index contributed by atoms with van der Waals surface area (Å²) in [6.45, 7) is 2.53. The first-order valence-corrected chi connectivity index (χ1v) is 6.75. The number of hydrogen-bond donors (Lipinski definition) is 0. The molecule has 0 aliphatic rings. The molecule has 0 fully saturated rings. The lowest BCUT2D eigenvalue weighted by molar-refractivity contribution is 0.338. The van der Waals surface area contributed by atoms with Crippen LogP contribution in [0.25, 0.3) is 0 Å². The van der Waals surface area contributed by atoms with Crippen LogP contribution in [0.5, 0.6) is 17.4 Å². The Labute approximate surface area is 122 Å². The standard InChI is InChI=1S/C14H13Cl2NO2/c1-2-18-11-4-3-5-12(7-11)19-14-13(16)6-10(8-15)9-17-14/h3-7,9H,2,8H2,1H3. The van der Waals surface area contributed by atoms with Crippen molar-refractivity contribution in [1.29, 1.82) is 0 Å². The third-order valence-corrected chi connectivity index (χ3v) is 2.93. The van der Waals surface area contributed by atoms with Crippen LogP contribution >= 0.6 is 23.2 Å². The number of alkyl halides is 1. The molecular weight excluding hydrogens is 285 g/mol. The third-order valence-electron chi connectivity index (χ3n) is 2.35. The molecule has 2 rings (SSSR count). The quantitative estimate of drug-likeness (QED) is 0.752. The number of benzene rings is 1. The van der Waals surface area contributed by atoms with Crippen LogP contribution in [0.3, 0.4) is 0 Å². The van der Waals surface area contributed by atoms with Gasteiger partial charge in [-0.25, -0.2) is 4.98 Å². The summed E-state index contributed by atoms with van der Waals surface area (Å²) in [7, 11) is 0. The number of pyridine rings is 1. The van der Waals surface area contributed by atoms with Crippen molar-refractivity contribution in [2.24, 2.45) is 0 Å². The first kappa shape index (κ1) is 14.0. The number of hydrogen-bond acceptors (Lipinski definition) is 3. The van der Waals surface area contributed by atoms with E-state index in [1.54, 1.807) is 18.3 Å². The second-order valence-corrected chi connectivity index (χ2v) is 4.45. The van der Waals surface area contributed by atoms with Crippen LogP contribution in [0.1, 0.15) is 12.5 Å². The Morgan fingerprint density at radius 2 is 2.00 bits per heavy atom. The van der Waals surface area contributed by atoms with Crippen molar-refractivity contribution in [3.63, 3.8) is 0 Å². The summed E-state index contributed by atoms with van der Waals surface area (Å²) < 4.78 is 11.0. The Balaban J connectivity index is 2.18. The van der Waals surface area contributed by atoms with Crippen molar-refractivity contribution >= 4 is 23.2 Å². The lowest BCUT2D eigenvalue weighted by Gasteiger charge is -2.09. The van der Waals surface area contributed by atoms with Gasteiger partial charge in [0.15, 0.2) is 0 Å². The summed E-state index contributed by atoms with van der Waals surface area (Å²) in [6, 6.07) is 9.06. The summed E-state index contributed by atoms with van der Waals surface area (Å²) in [6.07, 6.45) is 1.64. The SMILES string of the molecule is CCOc1cccc(Oc2ncc(CCl)cc2Cl)c1. The largest absolute Gasteiger partial charge is 0.494 e. The monoisotopic (exact) mass is 297 g/mol. The minimum absolute atomic E-state index is 0.351. The van der Waals surface area contributed by atoms with Gasteiger partial charge in [0, 0.05) is 18.1 Å². The van der Waals surface area contributed by atoms with Gasteiger partial charge < -0.3 is 9.47 Å². The van der Waals surface area contributed by atoms with Gasteiger partial charge in [0.05, 0.1) is 6.61 Å². The average molecular weight is 298 g/mol. The van der Waals surface area contributed by atoms with E-state index in [1.165, 1.54) is 0 Å². The Bertz CT molecular complexity index is 561. The molecule has 0 aliphatic heterocycles. The van der Waals surface area contributed by atoms with Gasteiger partial charge in [-0.3, -0.25) is 0 Å². The predicted octanol–water partition coefficient (Wildman–Crippen LogP) is 4.66. The van der Waals surface area contributed by atoms with E-state index in [0.717, 1.165) is 11.3 Å². The number of nitrogens with zero attached hydrogens (tertiary/aromatic N) is 1. The Morgan fingerprint density at radius 3 is 2.68 bits per heavy atom. The smallest absolute Gasteiger partial charge is 0.238 e. The van der Waals surface area contributed by atoms with Crippen molar-refractivity contribution in [3.8, 4) is 17.4 Å². The molecule has 19 heavy (non-hydrogen) atoms. The summed E-state index contributed by atoms with van der Waals surface area (Å²) in [5, 5.41) is 0.431. The van der Waals surface area contributed by atoms with Gasteiger partial charge in [0.2, 0.25) is 5.88 Å². The fraction of sp³-hybridized carbons (Fsp3) is 0.214. The number of ether oxygens (including phenoxy) is 2. The number of aromatic nitrogens is 1. The molecule has 2 aromatic rings. The molecule has 1 heterocycles. The molecule has 0 saturated carbocycles. The van der Waals surface area contributed by atoms with Gasteiger partial charge in [-0.1, -0.05) is 17.7 Å². The van der Waals surface area contributed by atoms with Crippen molar-refractivity contribution < 1.29 is 9.47 Å². The van der Waals surface area contributed by atoms with Gasteiger partial charge in [-0.05, 0) is 30.7 Å². The third kappa shape index (κ3) is 3.75. The predicted molar refractivity (Wildman–Crippen MR) is 76.5 cm³/mol. The maximum Gasteiger partial charge on any atom is 0.238 e. The van der Waals surface area contributed by atoms with E-state index in [2.05, 4.69) is 4.98 Å². The zero-order valence-corrected chi connectivity index (χ0v) is 11.9. The molecule has 5 heteroatoms.